The number of allylic oxidation sites excluding steroid dienone is 1. The Hall–Kier alpha value is -2.20. The molecule has 4 heteroatoms. The van der Waals surface area contributed by atoms with Crippen molar-refractivity contribution >= 4 is 23.4 Å². The normalized spacial score (nSPS) is 18.8. The van der Waals surface area contributed by atoms with Crippen molar-refractivity contribution in [1.82, 2.24) is 0 Å². The Bertz CT molecular complexity index is 930. The number of fused-ring (bicyclic) bond motifs is 2. The summed E-state index contributed by atoms with van der Waals surface area (Å²) in [6.45, 7) is 8.32. The molecule has 4 rings (SSSR count). The first kappa shape index (κ1) is 19.1. The van der Waals surface area contributed by atoms with Crippen molar-refractivity contribution in [3.05, 3.63) is 64.1 Å². The summed E-state index contributed by atoms with van der Waals surface area (Å²) >= 11 is 1.76. The van der Waals surface area contributed by atoms with E-state index < -0.39 is 0 Å². The molecule has 28 heavy (non-hydrogen) atoms. The number of ether oxygens (including phenoxy) is 1. The number of anilines is 1. The van der Waals surface area contributed by atoms with Gasteiger partial charge in [-0.05, 0) is 63.3 Å². The van der Waals surface area contributed by atoms with Crippen molar-refractivity contribution in [1.29, 1.82) is 0 Å². The lowest BCUT2D eigenvalue weighted by atomic mass is 9.92. The molecule has 0 spiro atoms. The molecule has 0 saturated carbocycles. The Labute approximate surface area is 171 Å². The van der Waals surface area contributed by atoms with E-state index in [2.05, 4.69) is 62.1 Å². The molecule has 0 amide bonds. The third-order valence-corrected chi connectivity index (χ3v) is 7.27. The zero-order valence-electron chi connectivity index (χ0n) is 16.8. The van der Waals surface area contributed by atoms with Crippen molar-refractivity contribution < 1.29 is 9.53 Å². The molecule has 2 aliphatic rings. The average Bonchev–Trinajstić information content (AvgIpc) is 2.87. The van der Waals surface area contributed by atoms with Crippen LogP contribution in [0, 0.1) is 5.92 Å². The van der Waals surface area contributed by atoms with E-state index in [4.69, 9.17) is 4.74 Å². The molecular formula is C24H27NO2S. The van der Waals surface area contributed by atoms with E-state index in [0.717, 1.165) is 42.9 Å². The summed E-state index contributed by atoms with van der Waals surface area (Å²) < 4.78 is 5.84. The van der Waals surface area contributed by atoms with Gasteiger partial charge in [-0.1, -0.05) is 41.6 Å². The number of esters is 1. The van der Waals surface area contributed by atoms with Crippen molar-refractivity contribution in [3.63, 3.8) is 0 Å². The van der Waals surface area contributed by atoms with Crippen LogP contribution in [-0.2, 0) is 17.6 Å². The van der Waals surface area contributed by atoms with Crippen LogP contribution in [0.15, 0.2) is 57.8 Å². The van der Waals surface area contributed by atoms with Crippen LogP contribution in [0.25, 0.3) is 0 Å². The third kappa shape index (κ3) is 3.58. The molecule has 2 aliphatic heterocycles. The van der Waals surface area contributed by atoms with Gasteiger partial charge in [-0.25, -0.2) is 0 Å². The molecule has 0 fully saturated rings. The lowest BCUT2D eigenvalue weighted by Gasteiger charge is -2.28. The van der Waals surface area contributed by atoms with Crippen LogP contribution in [0.3, 0.4) is 0 Å². The number of carbonyl (C=O) groups excluding carboxylic acids is 1. The number of benzene rings is 2. The monoisotopic (exact) mass is 393 g/mol. The zero-order valence-corrected chi connectivity index (χ0v) is 17.6. The highest BCUT2D eigenvalue weighted by atomic mass is 32.2. The first-order valence-electron chi connectivity index (χ1n) is 10.2. The van der Waals surface area contributed by atoms with E-state index in [1.165, 1.54) is 20.9 Å². The molecule has 3 nitrogen and oxygen atoms in total. The fraction of sp³-hybridized carbons (Fsp3) is 0.375. The maximum Gasteiger partial charge on any atom is 0.319 e. The van der Waals surface area contributed by atoms with Crippen molar-refractivity contribution in [3.8, 4) is 5.75 Å². The highest BCUT2D eigenvalue weighted by Gasteiger charge is 2.34. The zero-order chi connectivity index (χ0) is 19.7. The van der Waals surface area contributed by atoms with E-state index >= 15 is 0 Å². The van der Waals surface area contributed by atoms with Crippen molar-refractivity contribution in [2.45, 2.75) is 44.9 Å². The van der Waals surface area contributed by atoms with Gasteiger partial charge in [-0.2, -0.15) is 0 Å². The van der Waals surface area contributed by atoms with Crippen molar-refractivity contribution in [2.75, 3.05) is 18.0 Å². The Kier molecular flexibility index (Phi) is 5.49. The molecule has 1 unspecified atom stereocenters. The van der Waals surface area contributed by atoms with E-state index in [1.54, 1.807) is 11.8 Å². The predicted molar refractivity (Wildman–Crippen MR) is 116 cm³/mol. The van der Waals surface area contributed by atoms with E-state index in [0.29, 0.717) is 6.42 Å². The summed E-state index contributed by atoms with van der Waals surface area (Å²) in [5.41, 5.74) is 4.92. The maximum atomic E-state index is 13.0. The minimum Gasteiger partial charge on any atom is -0.426 e. The lowest BCUT2D eigenvalue weighted by molar-refractivity contribution is -0.138. The molecule has 1 atom stereocenters. The fourth-order valence-electron chi connectivity index (χ4n) is 4.10. The van der Waals surface area contributed by atoms with Crippen LogP contribution in [0.2, 0.25) is 0 Å². The number of hydrogen-bond donors (Lipinski definition) is 0. The van der Waals surface area contributed by atoms with Gasteiger partial charge in [0.05, 0.1) is 5.92 Å². The lowest BCUT2D eigenvalue weighted by Crippen LogP contribution is -2.29. The van der Waals surface area contributed by atoms with Gasteiger partial charge < -0.3 is 9.64 Å². The molecule has 0 aromatic heterocycles. The Morgan fingerprint density at radius 3 is 2.64 bits per heavy atom. The fourth-order valence-corrected chi connectivity index (χ4v) is 5.39. The smallest absolute Gasteiger partial charge is 0.319 e. The van der Waals surface area contributed by atoms with Gasteiger partial charge in [0.15, 0.2) is 0 Å². The second-order valence-corrected chi connectivity index (χ2v) is 8.58. The topological polar surface area (TPSA) is 29.5 Å². The summed E-state index contributed by atoms with van der Waals surface area (Å²) in [5, 5.41) is 0. The first-order chi connectivity index (χ1) is 13.6. The average molecular weight is 394 g/mol. The summed E-state index contributed by atoms with van der Waals surface area (Å²) in [5.74, 6) is 0.399. The minimum atomic E-state index is -0.206. The maximum absolute atomic E-state index is 13.0. The standard InChI is InChI=1S/C24H27NO2S/c1-4-25(5-2)19-13-12-18-14-20(24(26)27-21(18)15-19)23-16(3)10-11-17-8-6-7-9-22(17)28-23/h6-9,12-13,15,20H,4-5,10-11,14H2,1-3H3. The molecule has 146 valence electrons. The molecule has 0 radical (unpaired) electrons. The Balaban J connectivity index is 1.63. The van der Waals surface area contributed by atoms with Crippen LogP contribution in [0.5, 0.6) is 5.75 Å². The largest absolute Gasteiger partial charge is 0.426 e. The Morgan fingerprint density at radius 2 is 1.86 bits per heavy atom. The van der Waals surface area contributed by atoms with E-state index in [-0.39, 0.29) is 11.9 Å². The van der Waals surface area contributed by atoms with Crippen molar-refractivity contribution in [2.24, 2.45) is 5.92 Å². The quantitative estimate of drug-likeness (QED) is 0.498. The minimum absolute atomic E-state index is 0.120. The summed E-state index contributed by atoms with van der Waals surface area (Å²) in [7, 11) is 0. The van der Waals surface area contributed by atoms with Gasteiger partial charge in [0.2, 0.25) is 0 Å². The van der Waals surface area contributed by atoms with Crippen LogP contribution in [0.4, 0.5) is 5.69 Å². The molecule has 0 bridgehead atoms. The molecule has 2 aromatic carbocycles. The summed E-state index contributed by atoms with van der Waals surface area (Å²) in [4.78, 5) is 17.7. The summed E-state index contributed by atoms with van der Waals surface area (Å²) in [6, 6.07) is 14.8. The molecular weight excluding hydrogens is 366 g/mol. The molecule has 2 aromatic rings. The first-order valence-corrected chi connectivity index (χ1v) is 11.0. The molecule has 0 saturated heterocycles. The number of thioether (sulfide) groups is 1. The number of aryl methyl sites for hydroxylation is 1. The second kappa shape index (κ2) is 8.04. The third-order valence-electron chi connectivity index (χ3n) is 5.80. The number of hydrogen-bond acceptors (Lipinski definition) is 4. The van der Waals surface area contributed by atoms with E-state index in [1.807, 2.05) is 6.07 Å². The highest BCUT2D eigenvalue weighted by molar-refractivity contribution is 8.03. The second-order valence-electron chi connectivity index (χ2n) is 7.50. The van der Waals surface area contributed by atoms with Gasteiger partial charge in [0.1, 0.15) is 5.75 Å². The predicted octanol–water partition coefficient (Wildman–Crippen LogP) is 5.62. The van der Waals surface area contributed by atoms with Gasteiger partial charge in [-0.3, -0.25) is 4.79 Å². The molecule has 0 aliphatic carbocycles. The van der Waals surface area contributed by atoms with Crippen LogP contribution >= 0.6 is 11.8 Å². The molecule has 2 heterocycles. The van der Waals surface area contributed by atoms with Gasteiger partial charge in [-0.15, -0.1) is 0 Å². The van der Waals surface area contributed by atoms with Crippen LogP contribution in [0.1, 0.15) is 38.3 Å². The van der Waals surface area contributed by atoms with Crippen LogP contribution in [-0.4, -0.2) is 19.1 Å². The number of carbonyl (C=O) groups is 1. The molecule has 0 N–H and O–H groups in total. The number of nitrogens with zero attached hydrogens (tertiary/aromatic N) is 1. The van der Waals surface area contributed by atoms with E-state index in [9.17, 15) is 4.79 Å². The SMILES string of the molecule is CCN(CC)c1ccc2c(c1)OC(=O)C(C1=C(C)CCc3ccccc3S1)C2. The number of rotatable bonds is 4. The van der Waals surface area contributed by atoms with Crippen LogP contribution < -0.4 is 9.64 Å². The van der Waals surface area contributed by atoms with Gasteiger partial charge in [0.25, 0.3) is 0 Å². The van der Waals surface area contributed by atoms with Gasteiger partial charge in [0, 0.05) is 34.6 Å². The Morgan fingerprint density at radius 1 is 1.07 bits per heavy atom. The van der Waals surface area contributed by atoms with Gasteiger partial charge >= 0.3 is 5.97 Å². The summed E-state index contributed by atoms with van der Waals surface area (Å²) in [6.07, 6.45) is 2.75. The highest BCUT2D eigenvalue weighted by Crippen LogP contribution is 2.44.